The van der Waals surface area contributed by atoms with Gasteiger partial charge < -0.3 is 0 Å². The molecule has 112 valence electrons. The lowest BCUT2D eigenvalue weighted by Crippen LogP contribution is -2.18. The van der Waals surface area contributed by atoms with Crippen LogP contribution in [-0.2, 0) is 4.79 Å². The van der Waals surface area contributed by atoms with E-state index in [4.69, 9.17) is 11.6 Å². The third-order valence-corrected chi connectivity index (χ3v) is 4.38. The summed E-state index contributed by atoms with van der Waals surface area (Å²) >= 11 is 7.32. The van der Waals surface area contributed by atoms with Crippen LogP contribution in [-0.4, -0.2) is 11.6 Å². The Hall–Kier alpha value is -0.870. The number of carbonyl (C=O) groups excluding carboxylic acids is 1. The van der Waals surface area contributed by atoms with Gasteiger partial charge in [0.15, 0.2) is 0 Å². The van der Waals surface area contributed by atoms with Gasteiger partial charge in [-0.15, -0.1) is 11.3 Å². The van der Waals surface area contributed by atoms with Crippen molar-refractivity contribution >= 4 is 34.6 Å². The minimum absolute atomic E-state index is 0.0116. The lowest BCUT2D eigenvalue weighted by atomic mass is 10.1. The van der Waals surface area contributed by atoms with Crippen LogP contribution in [0.4, 0.5) is 0 Å². The fraction of sp³-hybridized carbons (Fsp3) is 0.600. The molecule has 3 nitrogen and oxygen atoms in total. The van der Waals surface area contributed by atoms with Gasteiger partial charge in [0.05, 0.1) is 14.9 Å². The minimum atomic E-state index is -0.0116. The number of hydrazone groups is 1. The zero-order chi connectivity index (χ0) is 14.8. The molecule has 0 aliphatic rings. The quantitative estimate of drug-likeness (QED) is 0.389. The van der Waals surface area contributed by atoms with E-state index < -0.39 is 0 Å². The van der Waals surface area contributed by atoms with Crippen molar-refractivity contribution in [2.75, 3.05) is 0 Å². The van der Waals surface area contributed by atoms with Crippen molar-refractivity contribution in [2.45, 2.75) is 58.8 Å². The van der Waals surface area contributed by atoms with Crippen LogP contribution >= 0.6 is 22.9 Å². The maximum absolute atomic E-state index is 11.6. The number of nitrogens with one attached hydrogen (secondary N) is 1. The summed E-state index contributed by atoms with van der Waals surface area (Å²) in [7, 11) is 0. The summed E-state index contributed by atoms with van der Waals surface area (Å²) in [6, 6.07) is 3.74. The van der Waals surface area contributed by atoms with Gasteiger partial charge in [-0.2, -0.15) is 5.10 Å². The fourth-order valence-electron chi connectivity index (χ4n) is 1.83. The Bertz CT molecular complexity index is 443. The van der Waals surface area contributed by atoms with Crippen LogP contribution in [0.25, 0.3) is 0 Å². The van der Waals surface area contributed by atoms with Gasteiger partial charge in [-0.05, 0) is 25.5 Å². The van der Waals surface area contributed by atoms with Crippen LogP contribution < -0.4 is 5.43 Å². The van der Waals surface area contributed by atoms with Gasteiger partial charge in [0, 0.05) is 6.42 Å². The summed E-state index contributed by atoms with van der Waals surface area (Å²) in [6.45, 7) is 4.07. The number of nitrogens with zero attached hydrogens (tertiary/aromatic N) is 1. The van der Waals surface area contributed by atoms with E-state index in [1.807, 2.05) is 19.1 Å². The average Bonchev–Trinajstić information content (AvgIpc) is 2.86. The first kappa shape index (κ1) is 17.2. The second-order valence-corrected chi connectivity index (χ2v) is 6.57. The molecular weight excluding hydrogens is 292 g/mol. The number of unbranched alkanes of at least 4 members (excludes halogenated alkanes) is 5. The summed E-state index contributed by atoms with van der Waals surface area (Å²) < 4.78 is 0.730. The Labute approximate surface area is 130 Å². The molecule has 0 spiro atoms. The van der Waals surface area contributed by atoms with E-state index >= 15 is 0 Å². The van der Waals surface area contributed by atoms with Gasteiger partial charge in [0.1, 0.15) is 0 Å². The van der Waals surface area contributed by atoms with Crippen LogP contribution in [0.2, 0.25) is 4.34 Å². The van der Waals surface area contributed by atoms with Gasteiger partial charge in [-0.1, -0.05) is 50.6 Å². The first-order chi connectivity index (χ1) is 9.63. The highest BCUT2D eigenvalue weighted by Gasteiger charge is 2.03. The largest absolute Gasteiger partial charge is 0.273 e. The lowest BCUT2D eigenvalue weighted by molar-refractivity contribution is -0.121. The number of halogens is 1. The van der Waals surface area contributed by atoms with E-state index in [1.165, 1.54) is 37.0 Å². The highest BCUT2D eigenvalue weighted by Crippen LogP contribution is 2.21. The Morgan fingerprint density at radius 3 is 2.60 bits per heavy atom. The molecule has 0 aromatic carbocycles. The van der Waals surface area contributed by atoms with E-state index in [-0.39, 0.29) is 5.91 Å². The summed E-state index contributed by atoms with van der Waals surface area (Å²) in [4.78, 5) is 12.6. The minimum Gasteiger partial charge on any atom is -0.273 e. The first-order valence-corrected chi connectivity index (χ1v) is 8.41. The van der Waals surface area contributed by atoms with Crippen LogP contribution in [0, 0.1) is 0 Å². The van der Waals surface area contributed by atoms with Gasteiger partial charge in [-0.3, -0.25) is 4.79 Å². The normalized spacial score (nSPS) is 11.7. The number of rotatable bonds is 9. The topological polar surface area (TPSA) is 41.5 Å². The zero-order valence-corrected chi connectivity index (χ0v) is 13.8. The van der Waals surface area contributed by atoms with E-state index in [9.17, 15) is 4.79 Å². The predicted molar refractivity (Wildman–Crippen MR) is 87.7 cm³/mol. The third kappa shape index (κ3) is 7.06. The molecule has 0 saturated heterocycles. The van der Waals surface area contributed by atoms with Crippen molar-refractivity contribution in [1.82, 2.24) is 5.43 Å². The molecule has 0 radical (unpaired) electrons. The number of carbonyl (C=O) groups is 1. The van der Waals surface area contributed by atoms with E-state index in [0.717, 1.165) is 27.8 Å². The summed E-state index contributed by atoms with van der Waals surface area (Å²) in [5, 5.41) is 4.10. The summed E-state index contributed by atoms with van der Waals surface area (Å²) in [5.74, 6) is -0.0116. The zero-order valence-electron chi connectivity index (χ0n) is 12.2. The third-order valence-electron chi connectivity index (χ3n) is 3.04. The molecule has 1 aromatic heterocycles. The van der Waals surface area contributed by atoms with Gasteiger partial charge in [-0.25, -0.2) is 5.43 Å². The molecule has 20 heavy (non-hydrogen) atoms. The fourth-order valence-corrected chi connectivity index (χ4v) is 2.82. The summed E-state index contributed by atoms with van der Waals surface area (Å²) in [5.41, 5.74) is 3.39. The van der Waals surface area contributed by atoms with Crippen molar-refractivity contribution < 1.29 is 4.79 Å². The van der Waals surface area contributed by atoms with Gasteiger partial charge >= 0.3 is 0 Å². The average molecular weight is 315 g/mol. The van der Waals surface area contributed by atoms with Crippen molar-refractivity contribution in [1.29, 1.82) is 0 Å². The molecular formula is C15H23ClN2OS. The van der Waals surface area contributed by atoms with Crippen LogP contribution in [0.15, 0.2) is 17.2 Å². The first-order valence-electron chi connectivity index (χ1n) is 7.22. The van der Waals surface area contributed by atoms with E-state index in [0.29, 0.717) is 6.42 Å². The van der Waals surface area contributed by atoms with Crippen LogP contribution in [0.3, 0.4) is 0 Å². The van der Waals surface area contributed by atoms with Crippen molar-refractivity contribution in [2.24, 2.45) is 5.10 Å². The Morgan fingerprint density at radius 1 is 1.25 bits per heavy atom. The Kier molecular flexibility index (Phi) is 8.54. The Morgan fingerprint density at radius 2 is 1.95 bits per heavy atom. The molecule has 0 unspecified atom stereocenters. The molecule has 0 aliphatic heterocycles. The second-order valence-electron chi connectivity index (χ2n) is 4.85. The molecule has 0 bridgehead atoms. The molecule has 0 atom stereocenters. The van der Waals surface area contributed by atoms with Crippen molar-refractivity contribution in [3.8, 4) is 0 Å². The molecule has 1 N–H and O–H groups in total. The summed E-state index contributed by atoms with van der Waals surface area (Å²) in [6.07, 6.45) is 7.64. The maximum atomic E-state index is 11.6. The molecule has 0 fully saturated rings. The van der Waals surface area contributed by atoms with Crippen LogP contribution in [0.5, 0.6) is 0 Å². The number of thiophene rings is 1. The highest BCUT2D eigenvalue weighted by molar-refractivity contribution is 7.18. The molecule has 1 aromatic rings. The SMILES string of the molecule is CCCCCCCCC(=O)NN=C(C)c1ccc(Cl)s1. The molecule has 5 heteroatoms. The monoisotopic (exact) mass is 314 g/mol. The highest BCUT2D eigenvalue weighted by atomic mass is 35.5. The smallest absolute Gasteiger partial charge is 0.240 e. The molecule has 1 rings (SSSR count). The van der Waals surface area contributed by atoms with E-state index in [1.54, 1.807) is 0 Å². The second kappa shape index (κ2) is 9.94. The lowest BCUT2D eigenvalue weighted by Gasteiger charge is -2.02. The predicted octanol–water partition coefficient (Wildman–Crippen LogP) is 4.99. The van der Waals surface area contributed by atoms with Gasteiger partial charge in [0.2, 0.25) is 5.91 Å². The molecule has 1 amide bonds. The molecule has 0 saturated carbocycles. The maximum Gasteiger partial charge on any atom is 0.240 e. The molecule has 0 aliphatic carbocycles. The molecule has 1 heterocycles. The van der Waals surface area contributed by atoms with Crippen LogP contribution in [0.1, 0.15) is 63.7 Å². The Balaban J connectivity index is 2.19. The standard InChI is InChI=1S/C15H23ClN2OS/c1-3-4-5-6-7-8-9-15(19)18-17-12(2)13-10-11-14(16)20-13/h10-11H,3-9H2,1-2H3,(H,18,19). The van der Waals surface area contributed by atoms with E-state index in [2.05, 4.69) is 17.5 Å². The van der Waals surface area contributed by atoms with Gasteiger partial charge in [0.25, 0.3) is 0 Å². The number of amides is 1. The van der Waals surface area contributed by atoms with Crippen molar-refractivity contribution in [3.05, 3.63) is 21.3 Å². The van der Waals surface area contributed by atoms with Crippen molar-refractivity contribution in [3.63, 3.8) is 0 Å². The number of hydrogen-bond acceptors (Lipinski definition) is 3. The number of hydrogen-bond donors (Lipinski definition) is 1.